The number of benzene rings is 2. The fraction of sp³-hybridized carbons (Fsp3) is 0.133. The topological polar surface area (TPSA) is 41.1 Å². The van der Waals surface area contributed by atoms with Crippen molar-refractivity contribution in [1.29, 1.82) is 0 Å². The van der Waals surface area contributed by atoms with Crippen molar-refractivity contribution in [1.82, 2.24) is 0 Å². The van der Waals surface area contributed by atoms with Gasteiger partial charge in [0.25, 0.3) is 0 Å². The van der Waals surface area contributed by atoms with Crippen LogP contribution in [0.15, 0.2) is 36.4 Å². The zero-order valence-corrected chi connectivity index (χ0v) is 12.0. The molecule has 2 aromatic carbocycles. The van der Waals surface area contributed by atoms with Crippen molar-refractivity contribution in [2.45, 2.75) is 6.92 Å². The largest absolute Gasteiger partial charge is 0.376 e. The first-order chi connectivity index (χ1) is 9.95. The van der Waals surface area contributed by atoms with Gasteiger partial charge in [0.05, 0.1) is 6.54 Å². The van der Waals surface area contributed by atoms with E-state index in [4.69, 9.17) is 11.6 Å². The van der Waals surface area contributed by atoms with E-state index in [1.165, 1.54) is 6.07 Å². The summed E-state index contributed by atoms with van der Waals surface area (Å²) >= 11 is 5.84. The van der Waals surface area contributed by atoms with Gasteiger partial charge < -0.3 is 10.6 Å². The van der Waals surface area contributed by atoms with E-state index in [0.717, 1.165) is 23.4 Å². The fourth-order valence-electron chi connectivity index (χ4n) is 1.78. The van der Waals surface area contributed by atoms with E-state index in [9.17, 15) is 13.6 Å². The molecule has 0 atom stereocenters. The Balaban J connectivity index is 1.94. The zero-order chi connectivity index (χ0) is 15.4. The Kier molecular flexibility index (Phi) is 4.75. The Labute approximate surface area is 125 Å². The molecule has 2 rings (SSSR count). The van der Waals surface area contributed by atoms with Crippen molar-refractivity contribution in [2.24, 2.45) is 0 Å². The number of anilines is 2. The highest BCUT2D eigenvalue weighted by molar-refractivity contribution is 6.30. The van der Waals surface area contributed by atoms with Gasteiger partial charge in [-0.1, -0.05) is 11.6 Å². The molecular formula is C15H13ClF2N2O. The number of carbonyl (C=O) groups is 1. The molecule has 0 aliphatic heterocycles. The standard InChI is InChI=1S/C15H13ClF2N2O/c1-9-6-10(16)2-5-14(9)19-8-15(21)20-11-3-4-12(17)13(18)7-11/h2-7,19H,8H2,1H3,(H,20,21). The van der Waals surface area contributed by atoms with E-state index in [-0.39, 0.29) is 18.1 Å². The summed E-state index contributed by atoms with van der Waals surface area (Å²) in [5.41, 5.74) is 1.89. The summed E-state index contributed by atoms with van der Waals surface area (Å²) in [5.74, 6) is -2.33. The van der Waals surface area contributed by atoms with Crippen molar-refractivity contribution in [2.75, 3.05) is 17.2 Å². The normalized spacial score (nSPS) is 10.3. The maximum atomic E-state index is 13.0. The second-order valence-electron chi connectivity index (χ2n) is 4.49. The number of hydrogen-bond acceptors (Lipinski definition) is 2. The second kappa shape index (κ2) is 6.54. The highest BCUT2D eigenvalue weighted by Gasteiger charge is 2.07. The van der Waals surface area contributed by atoms with Crippen LogP contribution in [0.1, 0.15) is 5.56 Å². The lowest BCUT2D eigenvalue weighted by Crippen LogP contribution is -2.22. The van der Waals surface area contributed by atoms with E-state index in [1.54, 1.807) is 18.2 Å². The van der Waals surface area contributed by atoms with Crippen LogP contribution in [0.5, 0.6) is 0 Å². The smallest absolute Gasteiger partial charge is 0.243 e. The number of nitrogens with one attached hydrogen (secondary N) is 2. The molecule has 6 heteroatoms. The van der Waals surface area contributed by atoms with Gasteiger partial charge >= 0.3 is 0 Å². The van der Waals surface area contributed by atoms with Gasteiger partial charge in [0, 0.05) is 22.5 Å². The molecule has 0 aromatic heterocycles. The maximum Gasteiger partial charge on any atom is 0.243 e. The minimum Gasteiger partial charge on any atom is -0.376 e. The molecule has 0 bridgehead atoms. The molecule has 110 valence electrons. The van der Waals surface area contributed by atoms with Gasteiger partial charge in [-0.25, -0.2) is 8.78 Å². The summed E-state index contributed by atoms with van der Waals surface area (Å²) in [6.45, 7) is 1.86. The molecule has 21 heavy (non-hydrogen) atoms. The monoisotopic (exact) mass is 310 g/mol. The first-order valence-corrected chi connectivity index (χ1v) is 6.58. The molecule has 2 N–H and O–H groups in total. The van der Waals surface area contributed by atoms with Crippen LogP contribution in [-0.4, -0.2) is 12.5 Å². The van der Waals surface area contributed by atoms with Gasteiger partial charge in [-0.05, 0) is 42.8 Å². The summed E-state index contributed by atoms with van der Waals surface area (Å²) in [5, 5.41) is 6.04. The number of carbonyl (C=O) groups excluding carboxylic acids is 1. The zero-order valence-electron chi connectivity index (χ0n) is 11.2. The lowest BCUT2D eigenvalue weighted by Gasteiger charge is -2.10. The van der Waals surface area contributed by atoms with E-state index < -0.39 is 11.6 Å². The van der Waals surface area contributed by atoms with Gasteiger partial charge in [0.2, 0.25) is 5.91 Å². The first-order valence-electron chi connectivity index (χ1n) is 6.20. The Bertz CT molecular complexity index is 677. The van der Waals surface area contributed by atoms with Gasteiger partial charge in [-0.3, -0.25) is 4.79 Å². The molecule has 0 spiro atoms. The molecule has 3 nitrogen and oxygen atoms in total. The highest BCUT2D eigenvalue weighted by atomic mass is 35.5. The molecule has 0 saturated carbocycles. The Morgan fingerprint density at radius 3 is 2.57 bits per heavy atom. The number of rotatable bonds is 4. The lowest BCUT2D eigenvalue weighted by atomic mass is 10.2. The summed E-state index contributed by atoms with van der Waals surface area (Å²) < 4.78 is 25.8. The maximum absolute atomic E-state index is 13.0. The molecule has 0 radical (unpaired) electrons. The van der Waals surface area contributed by atoms with Crippen molar-refractivity contribution < 1.29 is 13.6 Å². The lowest BCUT2D eigenvalue weighted by molar-refractivity contribution is -0.114. The number of aryl methyl sites for hydroxylation is 1. The van der Waals surface area contributed by atoms with Crippen LogP contribution in [0.2, 0.25) is 5.02 Å². The molecule has 0 aliphatic carbocycles. The average molecular weight is 311 g/mol. The van der Waals surface area contributed by atoms with E-state index >= 15 is 0 Å². The van der Waals surface area contributed by atoms with Crippen LogP contribution >= 0.6 is 11.6 Å². The Morgan fingerprint density at radius 2 is 1.90 bits per heavy atom. The first kappa shape index (κ1) is 15.3. The number of amides is 1. The minimum absolute atomic E-state index is 0.00146. The van der Waals surface area contributed by atoms with E-state index in [2.05, 4.69) is 10.6 Å². The molecule has 0 saturated heterocycles. The summed E-state index contributed by atoms with van der Waals surface area (Å²) in [4.78, 5) is 11.7. The van der Waals surface area contributed by atoms with Crippen molar-refractivity contribution in [3.05, 3.63) is 58.6 Å². The van der Waals surface area contributed by atoms with Crippen LogP contribution in [0.4, 0.5) is 20.2 Å². The molecule has 0 heterocycles. The third-order valence-corrected chi connectivity index (χ3v) is 3.07. The molecule has 0 fully saturated rings. The summed E-state index contributed by atoms with van der Waals surface area (Å²) in [6.07, 6.45) is 0. The Morgan fingerprint density at radius 1 is 1.14 bits per heavy atom. The van der Waals surface area contributed by atoms with E-state index in [1.807, 2.05) is 6.92 Å². The van der Waals surface area contributed by atoms with Crippen LogP contribution in [0.25, 0.3) is 0 Å². The molecule has 1 amide bonds. The van der Waals surface area contributed by atoms with Crippen molar-refractivity contribution >= 4 is 28.9 Å². The van der Waals surface area contributed by atoms with Gasteiger partial charge in [-0.2, -0.15) is 0 Å². The molecule has 0 aliphatic rings. The van der Waals surface area contributed by atoms with Gasteiger partial charge in [0.1, 0.15) is 0 Å². The third kappa shape index (κ3) is 4.16. The van der Waals surface area contributed by atoms with Gasteiger partial charge in [0.15, 0.2) is 11.6 Å². The van der Waals surface area contributed by atoms with Crippen LogP contribution in [0, 0.1) is 18.6 Å². The third-order valence-electron chi connectivity index (χ3n) is 2.83. The quantitative estimate of drug-likeness (QED) is 0.897. The van der Waals surface area contributed by atoms with Crippen LogP contribution < -0.4 is 10.6 Å². The van der Waals surface area contributed by atoms with E-state index in [0.29, 0.717) is 5.02 Å². The molecule has 2 aromatic rings. The predicted octanol–water partition coefficient (Wildman–Crippen LogP) is 3.98. The summed E-state index contributed by atoms with van der Waals surface area (Å²) in [6, 6.07) is 8.44. The molecule has 0 unspecified atom stereocenters. The van der Waals surface area contributed by atoms with Crippen LogP contribution in [0.3, 0.4) is 0 Å². The second-order valence-corrected chi connectivity index (χ2v) is 4.93. The van der Waals surface area contributed by atoms with Crippen molar-refractivity contribution in [3.63, 3.8) is 0 Å². The number of hydrogen-bond donors (Lipinski definition) is 2. The predicted molar refractivity (Wildman–Crippen MR) is 79.7 cm³/mol. The minimum atomic E-state index is -1.01. The number of halogens is 3. The van der Waals surface area contributed by atoms with Crippen molar-refractivity contribution in [3.8, 4) is 0 Å². The average Bonchev–Trinajstić information content (AvgIpc) is 2.42. The SMILES string of the molecule is Cc1cc(Cl)ccc1NCC(=O)Nc1ccc(F)c(F)c1. The summed E-state index contributed by atoms with van der Waals surface area (Å²) in [7, 11) is 0. The highest BCUT2D eigenvalue weighted by Crippen LogP contribution is 2.19. The molecular weight excluding hydrogens is 298 g/mol. The van der Waals surface area contributed by atoms with Crippen LogP contribution in [-0.2, 0) is 4.79 Å². The Hall–Kier alpha value is -2.14. The fourth-order valence-corrected chi connectivity index (χ4v) is 2.01. The van der Waals surface area contributed by atoms with Gasteiger partial charge in [-0.15, -0.1) is 0 Å².